The standard InChI is InChI=1S/C13H13BrFNO2/c1-8-4-12(15)11(14)5-13(8)16-6-9-2-3-10(7-17)18-9/h2-5,16-17H,6-7H2,1H3. The van der Waals surface area contributed by atoms with E-state index in [0.717, 1.165) is 17.0 Å². The van der Waals surface area contributed by atoms with E-state index in [9.17, 15) is 4.39 Å². The monoisotopic (exact) mass is 313 g/mol. The molecule has 0 radical (unpaired) electrons. The zero-order chi connectivity index (χ0) is 13.1. The molecule has 5 heteroatoms. The molecule has 1 aromatic heterocycles. The van der Waals surface area contributed by atoms with Gasteiger partial charge in [0.2, 0.25) is 0 Å². The van der Waals surface area contributed by atoms with Gasteiger partial charge in [-0.15, -0.1) is 0 Å². The van der Waals surface area contributed by atoms with Gasteiger partial charge in [-0.1, -0.05) is 0 Å². The molecule has 2 aromatic rings. The molecule has 0 spiro atoms. The van der Waals surface area contributed by atoms with Crippen molar-refractivity contribution < 1.29 is 13.9 Å². The highest BCUT2D eigenvalue weighted by atomic mass is 79.9. The van der Waals surface area contributed by atoms with Crippen molar-refractivity contribution in [1.82, 2.24) is 0 Å². The fraction of sp³-hybridized carbons (Fsp3) is 0.231. The summed E-state index contributed by atoms with van der Waals surface area (Å²) in [7, 11) is 0. The number of benzene rings is 1. The van der Waals surface area contributed by atoms with Crippen LogP contribution in [0, 0.1) is 12.7 Å². The van der Waals surface area contributed by atoms with E-state index in [0.29, 0.717) is 16.8 Å². The van der Waals surface area contributed by atoms with Crippen molar-refractivity contribution in [1.29, 1.82) is 0 Å². The number of anilines is 1. The second-order valence-corrected chi connectivity index (χ2v) is 4.82. The van der Waals surface area contributed by atoms with E-state index >= 15 is 0 Å². The highest BCUT2D eigenvalue weighted by Gasteiger charge is 2.06. The molecular weight excluding hydrogens is 301 g/mol. The molecule has 0 unspecified atom stereocenters. The van der Waals surface area contributed by atoms with E-state index < -0.39 is 0 Å². The van der Waals surface area contributed by atoms with Crippen molar-refractivity contribution in [2.75, 3.05) is 5.32 Å². The number of aryl methyl sites for hydroxylation is 1. The molecule has 0 aliphatic heterocycles. The van der Waals surface area contributed by atoms with Crippen molar-refractivity contribution in [3.63, 3.8) is 0 Å². The smallest absolute Gasteiger partial charge is 0.137 e. The molecule has 1 heterocycles. The zero-order valence-corrected chi connectivity index (χ0v) is 11.4. The molecule has 0 aliphatic carbocycles. The van der Waals surface area contributed by atoms with Gasteiger partial charge in [-0.3, -0.25) is 0 Å². The molecule has 0 saturated carbocycles. The molecule has 2 rings (SSSR count). The van der Waals surface area contributed by atoms with Gasteiger partial charge in [0.1, 0.15) is 23.9 Å². The summed E-state index contributed by atoms with van der Waals surface area (Å²) in [5, 5.41) is 12.0. The summed E-state index contributed by atoms with van der Waals surface area (Å²) in [5.74, 6) is 0.973. The van der Waals surface area contributed by atoms with Crippen LogP contribution in [0.3, 0.4) is 0 Å². The van der Waals surface area contributed by atoms with Crippen LogP contribution in [-0.2, 0) is 13.2 Å². The molecule has 0 amide bonds. The number of hydrogen-bond donors (Lipinski definition) is 2. The summed E-state index contributed by atoms with van der Waals surface area (Å²) in [6.07, 6.45) is 0. The lowest BCUT2D eigenvalue weighted by molar-refractivity contribution is 0.244. The SMILES string of the molecule is Cc1cc(F)c(Br)cc1NCc1ccc(CO)o1. The van der Waals surface area contributed by atoms with Crippen molar-refractivity contribution in [3.05, 3.63) is 51.6 Å². The lowest BCUT2D eigenvalue weighted by atomic mass is 10.2. The minimum atomic E-state index is -0.279. The number of aliphatic hydroxyl groups excluding tert-OH is 1. The van der Waals surface area contributed by atoms with Gasteiger partial charge in [-0.05, 0) is 52.7 Å². The highest BCUT2D eigenvalue weighted by Crippen LogP contribution is 2.24. The Bertz CT molecular complexity index is 554. The van der Waals surface area contributed by atoms with Crippen LogP contribution in [0.5, 0.6) is 0 Å². The summed E-state index contributed by atoms with van der Waals surface area (Å²) in [5.41, 5.74) is 1.66. The predicted molar refractivity (Wildman–Crippen MR) is 70.8 cm³/mol. The van der Waals surface area contributed by atoms with Crippen LogP contribution in [0.4, 0.5) is 10.1 Å². The van der Waals surface area contributed by atoms with Crippen LogP contribution in [0.1, 0.15) is 17.1 Å². The Morgan fingerprint density at radius 2 is 2.06 bits per heavy atom. The normalized spacial score (nSPS) is 10.7. The van der Waals surface area contributed by atoms with Gasteiger partial charge in [0.25, 0.3) is 0 Å². The number of nitrogens with one attached hydrogen (secondary N) is 1. The van der Waals surface area contributed by atoms with Crippen LogP contribution in [0.25, 0.3) is 0 Å². The van der Waals surface area contributed by atoms with Gasteiger partial charge in [-0.25, -0.2) is 4.39 Å². The molecule has 0 atom stereocenters. The number of furan rings is 1. The summed E-state index contributed by atoms with van der Waals surface area (Å²) in [6, 6.07) is 6.69. The first-order valence-electron chi connectivity index (χ1n) is 5.48. The number of hydrogen-bond acceptors (Lipinski definition) is 3. The van der Waals surface area contributed by atoms with Gasteiger partial charge in [0, 0.05) is 5.69 Å². The van der Waals surface area contributed by atoms with Crippen molar-refractivity contribution >= 4 is 21.6 Å². The topological polar surface area (TPSA) is 45.4 Å². The summed E-state index contributed by atoms with van der Waals surface area (Å²) >= 11 is 3.15. The quantitative estimate of drug-likeness (QED) is 0.906. The van der Waals surface area contributed by atoms with E-state index in [1.165, 1.54) is 6.07 Å². The average molecular weight is 314 g/mol. The second-order valence-electron chi connectivity index (χ2n) is 3.96. The molecule has 2 N–H and O–H groups in total. The third-order valence-electron chi connectivity index (χ3n) is 2.59. The largest absolute Gasteiger partial charge is 0.462 e. The van der Waals surface area contributed by atoms with Gasteiger partial charge < -0.3 is 14.8 Å². The average Bonchev–Trinajstić information content (AvgIpc) is 2.80. The zero-order valence-electron chi connectivity index (χ0n) is 9.84. The Morgan fingerprint density at radius 3 is 2.72 bits per heavy atom. The predicted octanol–water partition coefficient (Wildman–Crippen LogP) is 3.59. The van der Waals surface area contributed by atoms with Crippen LogP contribution in [-0.4, -0.2) is 5.11 Å². The van der Waals surface area contributed by atoms with E-state index in [-0.39, 0.29) is 12.4 Å². The number of rotatable bonds is 4. The first kappa shape index (κ1) is 13.1. The van der Waals surface area contributed by atoms with Gasteiger partial charge >= 0.3 is 0 Å². The highest BCUT2D eigenvalue weighted by molar-refractivity contribution is 9.10. The minimum Gasteiger partial charge on any atom is -0.462 e. The molecule has 3 nitrogen and oxygen atoms in total. The van der Waals surface area contributed by atoms with Crippen molar-refractivity contribution in [2.45, 2.75) is 20.1 Å². The molecule has 18 heavy (non-hydrogen) atoms. The third-order valence-corrected chi connectivity index (χ3v) is 3.20. The molecule has 1 aromatic carbocycles. The Labute approximate surface area is 113 Å². The molecule has 96 valence electrons. The first-order valence-corrected chi connectivity index (χ1v) is 6.27. The Kier molecular flexibility index (Phi) is 4.04. The number of aliphatic hydroxyl groups is 1. The molecule has 0 aliphatic rings. The maximum Gasteiger partial charge on any atom is 0.137 e. The van der Waals surface area contributed by atoms with E-state index in [1.807, 2.05) is 6.92 Å². The van der Waals surface area contributed by atoms with Crippen LogP contribution >= 0.6 is 15.9 Å². The van der Waals surface area contributed by atoms with E-state index in [1.54, 1.807) is 18.2 Å². The van der Waals surface area contributed by atoms with E-state index in [2.05, 4.69) is 21.2 Å². The fourth-order valence-corrected chi connectivity index (χ4v) is 1.96. The molecule has 0 bridgehead atoms. The van der Waals surface area contributed by atoms with Crippen LogP contribution in [0.2, 0.25) is 0 Å². The minimum absolute atomic E-state index is 0.110. The van der Waals surface area contributed by atoms with Gasteiger partial charge in [-0.2, -0.15) is 0 Å². The van der Waals surface area contributed by atoms with E-state index in [4.69, 9.17) is 9.52 Å². The maximum absolute atomic E-state index is 13.3. The van der Waals surface area contributed by atoms with Crippen molar-refractivity contribution in [3.8, 4) is 0 Å². The maximum atomic E-state index is 13.3. The summed E-state index contributed by atoms with van der Waals surface area (Å²) < 4.78 is 19.0. The Morgan fingerprint density at radius 1 is 1.33 bits per heavy atom. The fourth-order valence-electron chi connectivity index (χ4n) is 1.62. The van der Waals surface area contributed by atoms with Gasteiger partial charge in [0.15, 0.2) is 0 Å². The molecule has 0 saturated heterocycles. The van der Waals surface area contributed by atoms with Crippen molar-refractivity contribution in [2.24, 2.45) is 0 Å². The molecular formula is C13H13BrFNO2. The first-order chi connectivity index (χ1) is 8.60. The summed E-state index contributed by atoms with van der Waals surface area (Å²) in [4.78, 5) is 0. The Balaban J connectivity index is 2.08. The van der Waals surface area contributed by atoms with Crippen LogP contribution in [0.15, 0.2) is 33.2 Å². The second kappa shape index (κ2) is 5.54. The lowest BCUT2D eigenvalue weighted by Gasteiger charge is -2.09. The van der Waals surface area contributed by atoms with Crippen LogP contribution < -0.4 is 5.32 Å². The molecule has 0 fully saturated rings. The van der Waals surface area contributed by atoms with Gasteiger partial charge in [0.05, 0.1) is 11.0 Å². The Hall–Kier alpha value is -1.33. The number of halogens is 2. The third kappa shape index (κ3) is 2.91. The lowest BCUT2D eigenvalue weighted by Crippen LogP contribution is -2.00. The summed E-state index contributed by atoms with van der Waals surface area (Å²) in [6.45, 7) is 2.21.